The molecule has 0 aromatic heterocycles. The Labute approximate surface area is 117 Å². The molecule has 1 aromatic carbocycles. The molecule has 0 aliphatic rings. The summed E-state index contributed by atoms with van der Waals surface area (Å²) >= 11 is 1.45. The summed E-state index contributed by atoms with van der Waals surface area (Å²) in [4.78, 5) is 11.9. The van der Waals surface area contributed by atoms with Gasteiger partial charge in [0.25, 0.3) is 0 Å². The number of rotatable bonds is 6. The van der Waals surface area contributed by atoms with Crippen molar-refractivity contribution in [3.05, 3.63) is 29.6 Å². The number of anilines is 1. The highest BCUT2D eigenvalue weighted by Gasteiger charge is 2.16. The van der Waals surface area contributed by atoms with E-state index in [0.717, 1.165) is 5.56 Å². The maximum atomic E-state index is 13.6. The molecular formula is C14H20FNO2S. The van der Waals surface area contributed by atoms with Crippen LogP contribution >= 0.6 is 11.8 Å². The number of nitrogens with one attached hydrogen (secondary N) is 1. The number of aliphatic hydroxyl groups is 1. The number of thioether (sulfide) groups is 1. The lowest BCUT2D eigenvalue weighted by molar-refractivity contribution is -0.115. The van der Waals surface area contributed by atoms with Gasteiger partial charge in [0.2, 0.25) is 5.91 Å². The van der Waals surface area contributed by atoms with Crippen LogP contribution < -0.4 is 5.32 Å². The zero-order valence-electron chi connectivity index (χ0n) is 11.4. The first-order valence-electron chi connectivity index (χ1n) is 6.23. The van der Waals surface area contributed by atoms with Crippen LogP contribution in [0.15, 0.2) is 18.2 Å². The van der Waals surface area contributed by atoms with Gasteiger partial charge in [0.15, 0.2) is 0 Å². The summed E-state index contributed by atoms with van der Waals surface area (Å²) in [6, 6.07) is 4.71. The summed E-state index contributed by atoms with van der Waals surface area (Å²) in [7, 11) is 0. The number of halogens is 1. The van der Waals surface area contributed by atoms with E-state index in [1.165, 1.54) is 17.8 Å². The molecule has 0 aliphatic heterocycles. The summed E-state index contributed by atoms with van der Waals surface area (Å²) in [5, 5.41) is 11.2. The molecule has 1 amide bonds. The van der Waals surface area contributed by atoms with Gasteiger partial charge in [0.05, 0.1) is 10.9 Å². The third-order valence-corrected chi connectivity index (χ3v) is 4.17. The van der Waals surface area contributed by atoms with Crippen LogP contribution in [0.1, 0.15) is 19.4 Å². The lowest BCUT2D eigenvalue weighted by Gasteiger charge is -2.14. The van der Waals surface area contributed by atoms with Gasteiger partial charge in [-0.3, -0.25) is 4.79 Å². The molecule has 3 nitrogen and oxygen atoms in total. The Morgan fingerprint density at radius 1 is 1.47 bits per heavy atom. The van der Waals surface area contributed by atoms with E-state index in [9.17, 15) is 9.18 Å². The summed E-state index contributed by atoms with van der Waals surface area (Å²) in [5.41, 5.74) is 1.02. The Hall–Kier alpha value is -1.07. The first-order chi connectivity index (χ1) is 8.93. The number of carbonyl (C=O) groups is 1. The van der Waals surface area contributed by atoms with Crippen molar-refractivity contribution in [3.63, 3.8) is 0 Å². The SMILES string of the molecule is Cc1ccc(NC(=O)C(C)SCC(C)CO)c(F)c1. The van der Waals surface area contributed by atoms with Crippen molar-refractivity contribution < 1.29 is 14.3 Å². The van der Waals surface area contributed by atoms with E-state index in [1.807, 2.05) is 6.92 Å². The summed E-state index contributed by atoms with van der Waals surface area (Å²) in [6.07, 6.45) is 0. The fraction of sp³-hybridized carbons (Fsp3) is 0.500. The van der Waals surface area contributed by atoms with Crippen LogP contribution in [-0.2, 0) is 4.79 Å². The zero-order valence-corrected chi connectivity index (χ0v) is 12.3. The van der Waals surface area contributed by atoms with E-state index in [4.69, 9.17) is 5.11 Å². The standard InChI is InChI=1S/C14H20FNO2S/c1-9-4-5-13(12(15)6-9)16-14(18)11(3)19-8-10(2)7-17/h4-6,10-11,17H,7-8H2,1-3H3,(H,16,18). The summed E-state index contributed by atoms with van der Waals surface area (Å²) in [6.45, 7) is 5.59. The summed E-state index contributed by atoms with van der Waals surface area (Å²) in [5.74, 6) is 0.199. The fourth-order valence-corrected chi connectivity index (χ4v) is 2.33. The summed E-state index contributed by atoms with van der Waals surface area (Å²) < 4.78 is 13.6. The molecule has 2 atom stereocenters. The van der Waals surface area contributed by atoms with Crippen molar-refractivity contribution in [2.45, 2.75) is 26.0 Å². The van der Waals surface area contributed by atoms with Crippen molar-refractivity contribution in [2.75, 3.05) is 17.7 Å². The van der Waals surface area contributed by atoms with E-state index < -0.39 is 5.82 Å². The molecule has 1 rings (SSSR count). The second kappa shape index (κ2) is 7.50. The zero-order chi connectivity index (χ0) is 14.4. The lowest BCUT2D eigenvalue weighted by atomic mass is 10.2. The Bertz CT molecular complexity index is 439. The van der Waals surface area contributed by atoms with Gasteiger partial charge in [-0.25, -0.2) is 4.39 Å². The normalized spacial score (nSPS) is 13.9. The van der Waals surface area contributed by atoms with Crippen molar-refractivity contribution in [3.8, 4) is 0 Å². The number of aliphatic hydroxyl groups excluding tert-OH is 1. The largest absolute Gasteiger partial charge is 0.396 e. The third kappa shape index (κ3) is 5.20. The molecule has 0 fully saturated rings. The van der Waals surface area contributed by atoms with Crippen molar-refractivity contribution in [1.82, 2.24) is 0 Å². The number of aryl methyl sites for hydroxylation is 1. The highest BCUT2D eigenvalue weighted by Crippen LogP contribution is 2.19. The molecule has 0 radical (unpaired) electrons. The van der Waals surface area contributed by atoms with Crippen molar-refractivity contribution in [2.24, 2.45) is 5.92 Å². The molecule has 19 heavy (non-hydrogen) atoms. The molecule has 2 N–H and O–H groups in total. The van der Waals surface area contributed by atoms with Gasteiger partial charge in [-0.2, -0.15) is 0 Å². The Balaban J connectivity index is 2.54. The molecule has 0 saturated carbocycles. The first kappa shape index (κ1) is 16.0. The van der Waals surface area contributed by atoms with E-state index in [0.29, 0.717) is 5.75 Å². The Morgan fingerprint density at radius 3 is 2.74 bits per heavy atom. The van der Waals surface area contributed by atoms with Crippen molar-refractivity contribution in [1.29, 1.82) is 0 Å². The average Bonchev–Trinajstić information content (AvgIpc) is 2.38. The minimum absolute atomic E-state index is 0.105. The quantitative estimate of drug-likeness (QED) is 0.845. The van der Waals surface area contributed by atoms with Crippen LogP contribution in [0.5, 0.6) is 0 Å². The van der Waals surface area contributed by atoms with Gasteiger partial charge in [-0.05, 0) is 43.2 Å². The smallest absolute Gasteiger partial charge is 0.237 e. The van der Waals surface area contributed by atoms with Crippen LogP contribution in [0.4, 0.5) is 10.1 Å². The molecular weight excluding hydrogens is 265 g/mol. The second-order valence-electron chi connectivity index (χ2n) is 4.74. The number of hydrogen-bond acceptors (Lipinski definition) is 3. The number of carbonyl (C=O) groups excluding carboxylic acids is 1. The predicted octanol–water partition coefficient (Wildman–Crippen LogP) is 2.82. The van der Waals surface area contributed by atoms with Crippen LogP contribution in [0, 0.1) is 18.7 Å². The molecule has 0 heterocycles. The van der Waals surface area contributed by atoms with E-state index in [2.05, 4.69) is 5.32 Å². The molecule has 2 unspecified atom stereocenters. The highest BCUT2D eigenvalue weighted by molar-refractivity contribution is 8.00. The van der Waals surface area contributed by atoms with Crippen LogP contribution in [0.2, 0.25) is 0 Å². The Kier molecular flexibility index (Phi) is 6.31. The minimum Gasteiger partial charge on any atom is -0.396 e. The predicted molar refractivity (Wildman–Crippen MR) is 77.9 cm³/mol. The highest BCUT2D eigenvalue weighted by atomic mass is 32.2. The maximum Gasteiger partial charge on any atom is 0.237 e. The molecule has 0 bridgehead atoms. The second-order valence-corrected chi connectivity index (χ2v) is 6.11. The van der Waals surface area contributed by atoms with Crippen molar-refractivity contribution >= 4 is 23.4 Å². The van der Waals surface area contributed by atoms with Gasteiger partial charge in [0.1, 0.15) is 5.82 Å². The maximum absolute atomic E-state index is 13.6. The minimum atomic E-state index is -0.422. The average molecular weight is 285 g/mol. The number of hydrogen-bond donors (Lipinski definition) is 2. The van der Waals surface area contributed by atoms with Crippen LogP contribution in [0.3, 0.4) is 0 Å². The number of amides is 1. The molecule has 0 spiro atoms. The van der Waals surface area contributed by atoms with Gasteiger partial charge in [-0.1, -0.05) is 13.0 Å². The van der Waals surface area contributed by atoms with Gasteiger partial charge in [0, 0.05) is 6.61 Å². The molecule has 0 saturated heterocycles. The van der Waals surface area contributed by atoms with Crippen LogP contribution in [-0.4, -0.2) is 28.6 Å². The fourth-order valence-electron chi connectivity index (χ4n) is 1.39. The van der Waals surface area contributed by atoms with Gasteiger partial charge < -0.3 is 10.4 Å². The third-order valence-electron chi connectivity index (χ3n) is 2.69. The molecule has 0 aliphatic carbocycles. The van der Waals surface area contributed by atoms with E-state index in [1.54, 1.807) is 26.0 Å². The molecule has 1 aromatic rings. The van der Waals surface area contributed by atoms with Gasteiger partial charge in [-0.15, -0.1) is 11.8 Å². The molecule has 106 valence electrons. The first-order valence-corrected chi connectivity index (χ1v) is 7.28. The molecule has 5 heteroatoms. The van der Waals surface area contributed by atoms with E-state index >= 15 is 0 Å². The number of benzene rings is 1. The lowest BCUT2D eigenvalue weighted by Crippen LogP contribution is -2.24. The topological polar surface area (TPSA) is 49.3 Å². The monoisotopic (exact) mass is 285 g/mol. The van der Waals surface area contributed by atoms with E-state index in [-0.39, 0.29) is 29.4 Å². The Morgan fingerprint density at radius 2 is 2.16 bits per heavy atom. The van der Waals surface area contributed by atoms with Gasteiger partial charge >= 0.3 is 0 Å². The van der Waals surface area contributed by atoms with Crippen LogP contribution in [0.25, 0.3) is 0 Å².